The molecule has 1 N–H and O–H groups in total. The molecule has 0 saturated heterocycles. The number of hydrogen-bond donors (Lipinski definition) is 1. The van der Waals surface area contributed by atoms with Crippen molar-refractivity contribution in [2.45, 2.75) is 13.0 Å². The highest BCUT2D eigenvalue weighted by Gasteiger charge is 2.27. The van der Waals surface area contributed by atoms with Crippen LogP contribution in [0.4, 0.5) is 0 Å². The number of fused-ring (bicyclic) bond motifs is 1. The first kappa shape index (κ1) is 14.1. The molecule has 1 aliphatic heterocycles. The van der Waals surface area contributed by atoms with E-state index in [0.717, 1.165) is 5.56 Å². The topological polar surface area (TPSA) is 72.8 Å². The van der Waals surface area contributed by atoms with Gasteiger partial charge in [0.25, 0.3) is 5.91 Å². The number of carbonyl (C=O) groups excluding carboxylic acids is 1. The molecule has 6 nitrogen and oxygen atoms in total. The summed E-state index contributed by atoms with van der Waals surface area (Å²) in [7, 11) is 0. The lowest BCUT2D eigenvalue weighted by atomic mass is 10.2. The molecular weight excluding hydrogens is 282 g/mol. The Morgan fingerprint density at radius 1 is 1.23 bits per heavy atom. The molecule has 0 radical (unpaired) electrons. The number of carbonyl (C=O) groups is 1. The molecule has 22 heavy (non-hydrogen) atoms. The summed E-state index contributed by atoms with van der Waals surface area (Å²) in [5.41, 5.74) is 4.08. The number of hydrogen-bond acceptors (Lipinski definition) is 5. The summed E-state index contributed by atoms with van der Waals surface area (Å²) in [6.45, 7) is 1.97. The van der Waals surface area contributed by atoms with Gasteiger partial charge in [-0.2, -0.15) is 5.10 Å². The zero-order valence-electron chi connectivity index (χ0n) is 12.0. The van der Waals surface area contributed by atoms with Crippen LogP contribution in [-0.2, 0) is 4.79 Å². The number of nitrogens with zero attached hydrogens (tertiary/aromatic N) is 2. The summed E-state index contributed by atoms with van der Waals surface area (Å²) in [6.07, 6.45) is 2.63. The highest BCUT2D eigenvalue weighted by Crippen LogP contribution is 2.30. The van der Waals surface area contributed by atoms with Gasteiger partial charge in [-0.25, -0.2) is 5.43 Å². The van der Waals surface area contributed by atoms with Gasteiger partial charge in [0.2, 0.25) is 6.10 Å². The van der Waals surface area contributed by atoms with Gasteiger partial charge < -0.3 is 9.47 Å². The standard InChI is InChI=1S/C16H15N3O3/c1-11(12-6-8-17-9-7-12)18-19-16(20)15-10-21-13-4-2-3-5-14(13)22-15/h2-9,15H,10H2,1H3,(H,19,20)/b18-11-/t15-/m0/s1. The van der Waals surface area contributed by atoms with E-state index in [2.05, 4.69) is 15.5 Å². The van der Waals surface area contributed by atoms with E-state index in [0.29, 0.717) is 17.2 Å². The Morgan fingerprint density at radius 2 is 1.95 bits per heavy atom. The van der Waals surface area contributed by atoms with Crippen LogP contribution in [0.15, 0.2) is 53.9 Å². The maximum atomic E-state index is 12.1. The van der Waals surface area contributed by atoms with Crippen LogP contribution in [0.2, 0.25) is 0 Å². The van der Waals surface area contributed by atoms with Crippen LogP contribution < -0.4 is 14.9 Å². The Labute approximate surface area is 127 Å². The fourth-order valence-corrected chi connectivity index (χ4v) is 2.02. The number of ether oxygens (including phenoxy) is 2. The van der Waals surface area contributed by atoms with E-state index in [4.69, 9.17) is 9.47 Å². The van der Waals surface area contributed by atoms with Crippen LogP contribution in [0, 0.1) is 0 Å². The quantitative estimate of drug-likeness (QED) is 0.692. The highest BCUT2D eigenvalue weighted by molar-refractivity contribution is 5.99. The van der Waals surface area contributed by atoms with Gasteiger partial charge in [-0.05, 0) is 31.2 Å². The van der Waals surface area contributed by atoms with Crippen LogP contribution >= 0.6 is 0 Å². The molecular formula is C16H15N3O3. The van der Waals surface area contributed by atoms with Gasteiger partial charge in [0.15, 0.2) is 11.5 Å². The summed E-state index contributed by atoms with van der Waals surface area (Å²) in [5.74, 6) is 0.856. The van der Waals surface area contributed by atoms with E-state index in [1.165, 1.54) is 0 Å². The van der Waals surface area contributed by atoms with E-state index < -0.39 is 6.10 Å². The molecule has 6 heteroatoms. The van der Waals surface area contributed by atoms with Gasteiger partial charge in [0.05, 0.1) is 5.71 Å². The Morgan fingerprint density at radius 3 is 2.73 bits per heavy atom. The summed E-state index contributed by atoms with van der Waals surface area (Å²) >= 11 is 0. The Bertz CT molecular complexity index is 701. The van der Waals surface area contributed by atoms with Crippen molar-refractivity contribution in [3.8, 4) is 11.5 Å². The molecule has 1 aromatic heterocycles. The first-order valence-corrected chi connectivity index (χ1v) is 6.87. The maximum Gasteiger partial charge on any atom is 0.284 e. The second-order valence-corrected chi connectivity index (χ2v) is 4.77. The Kier molecular flexibility index (Phi) is 4.00. The second kappa shape index (κ2) is 6.26. The molecule has 0 spiro atoms. The zero-order chi connectivity index (χ0) is 15.4. The summed E-state index contributed by atoms with van der Waals surface area (Å²) in [5, 5.41) is 4.08. The normalized spacial score (nSPS) is 17.0. The monoisotopic (exact) mass is 297 g/mol. The van der Waals surface area contributed by atoms with Crippen molar-refractivity contribution in [2.75, 3.05) is 6.61 Å². The highest BCUT2D eigenvalue weighted by atomic mass is 16.6. The Hall–Kier alpha value is -2.89. The van der Waals surface area contributed by atoms with Crippen molar-refractivity contribution in [2.24, 2.45) is 5.10 Å². The second-order valence-electron chi connectivity index (χ2n) is 4.77. The number of aromatic nitrogens is 1. The lowest BCUT2D eigenvalue weighted by molar-refractivity contribution is -0.130. The predicted molar refractivity (Wildman–Crippen MR) is 80.9 cm³/mol. The molecule has 0 saturated carbocycles. The van der Waals surface area contributed by atoms with Crippen molar-refractivity contribution in [3.05, 3.63) is 54.4 Å². The van der Waals surface area contributed by atoms with Gasteiger partial charge in [-0.3, -0.25) is 9.78 Å². The van der Waals surface area contributed by atoms with Crippen LogP contribution in [0.3, 0.4) is 0 Å². The van der Waals surface area contributed by atoms with Crippen LogP contribution in [0.25, 0.3) is 0 Å². The van der Waals surface area contributed by atoms with E-state index in [1.807, 2.05) is 31.2 Å². The number of amides is 1. The fraction of sp³-hybridized carbons (Fsp3) is 0.188. The number of para-hydroxylation sites is 2. The zero-order valence-corrected chi connectivity index (χ0v) is 12.0. The van der Waals surface area contributed by atoms with E-state index in [-0.39, 0.29) is 12.5 Å². The molecule has 0 fully saturated rings. The van der Waals surface area contributed by atoms with Crippen LogP contribution in [0.5, 0.6) is 11.5 Å². The molecule has 1 aliphatic rings. The van der Waals surface area contributed by atoms with Crippen molar-refractivity contribution in [3.63, 3.8) is 0 Å². The van der Waals surface area contributed by atoms with Gasteiger partial charge in [-0.1, -0.05) is 12.1 Å². The van der Waals surface area contributed by atoms with E-state index in [9.17, 15) is 4.79 Å². The molecule has 3 rings (SSSR count). The van der Waals surface area contributed by atoms with Crippen molar-refractivity contribution >= 4 is 11.6 Å². The van der Waals surface area contributed by atoms with Gasteiger partial charge >= 0.3 is 0 Å². The third-order valence-electron chi connectivity index (χ3n) is 3.23. The molecule has 1 aromatic carbocycles. The van der Waals surface area contributed by atoms with Crippen LogP contribution in [0.1, 0.15) is 12.5 Å². The number of rotatable bonds is 3. The van der Waals surface area contributed by atoms with E-state index in [1.54, 1.807) is 24.5 Å². The number of benzene rings is 1. The lowest BCUT2D eigenvalue weighted by Gasteiger charge is -2.24. The molecule has 0 unspecified atom stereocenters. The molecule has 1 atom stereocenters. The minimum atomic E-state index is -0.719. The summed E-state index contributed by atoms with van der Waals surface area (Å²) in [6, 6.07) is 10.9. The van der Waals surface area contributed by atoms with Crippen molar-refractivity contribution < 1.29 is 14.3 Å². The lowest BCUT2D eigenvalue weighted by Crippen LogP contribution is -2.42. The third-order valence-corrected chi connectivity index (χ3v) is 3.23. The number of nitrogens with one attached hydrogen (secondary N) is 1. The molecule has 112 valence electrons. The maximum absolute atomic E-state index is 12.1. The van der Waals surface area contributed by atoms with Crippen molar-refractivity contribution in [1.29, 1.82) is 0 Å². The van der Waals surface area contributed by atoms with Gasteiger partial charge in [0.1, 0.15) is 6.61 Å². The first-order chi connectivity index (χ1) is 10.7. The van der Waals surface area contributed by atoms with Crippen LogP contribution in [-0.4, -0.2) is 29.3 Å². The molecule has 2 aromatic rings. The summed E-state index contributed by atoms with van der Waals surface area (Å²) < 4.78 is 11.1. The van der Waals surface area contributed by atoms with Gasteiger partial charge in [-0.15, -0.1) is 0 Å². The minimum absolute atomic E-state index is 0.159. The first-order valence-electron chi connectivity index (χ1n) is 6.87. The predicted octanol–water partition coefficient (Wildman–Crippen LogP) is 1.76. The Balaban J connectivity index is 1.64. The van der Waals surface area contributed by atoms with Gasteiger partial charge in [0, 0.05) is 18.0 Å². The van der Waals surface area contributed by atoms with E-state index >= 15 is 0 Å². The minimum Gasteiger partial charge on any atom is -0.485 e. The number of hydrazone groups is 1. The average Bonchev–Trinajstić information content (AvgIpc) is 2.59. The molecule has 0 aliphatic carbocycles. The largest absolute Gasteiger partial charge is 0.485 e. The third kappa shape index (κ3) is 3.06. The fourth-order valence-electron chi connectivity index (χ4n) is 2.02. The average molecular weight is 297 g/mol. The SMILES string of the molecule is C/C(=N/NC(=O)[C@@H]1COc2ccccc2O1)c1ccncc1. The molecule has 2 heterocycles. The molecule has 0 bridgehead atoms. The molecule has 1 amide bonds. The number of pyridine rings is 1. The van der Waals surface area contributed by atoms with Crippen molar-refractivity contribution in [1.82, 2.24) is 10.4 Å². The summed E-state index contributed by atoms with van der Waals surface area (Å²) in [4.78, 5) is 16.0. The smallest absolute Gasteiger partial charge is 0.284 e.